The first-order valence-corrected chi connectivity index (χ1v) is 7.79. The first kappa shape index (κ1) is 13.7. The van der Waals surface area contributed by atoms with Crippen molar-refractivity contribution in [2.45, 2.75) is 38.5 Å². The van der Waals surface area contributed by atoms with Gasteiger partial charge in [-0.2, -0.15) is 0 Å². The molecule has 0 aromatic heterocycles. The maximum Gasteiger partial charge on any atom is 0.304 e. The van der Waals surface area contributed by atoms with Gasteiger partial charge in [-0.3, -0.25) is 9.59 Å². The zero-order valence-corrected chi connectivity index (χ0v) is 11.5. The topological polar surface area (TPSA) is 57.6 Å². The van der Waals surface area contributed by atoms with Crippen molar-refractivity contribution in [3.8, 4) is 0 Å². The van der Waals surface area contributed by atoms with Gasteiger partial charge in [-0.15, -0.1) is 0 Å². The van der Waals surface area contributed by atoms with Crippen LogP contribution in [0.15, 0.2) is 0 Å². The molecule has 0 aromatic rings. The number of carboxylic acid groups (broad SMARTS) is 1. The molecular formula is C13H21NO3S. The Balaban J connectivity index is 1.75. The lowest BCUT2D eigenvalue weighted by atomic mass is 9.75. The van der Waals surface area contributed by atoms with Crippen molar-refractivity contribution in [2.75, 3.05) is 18.8 Å². The number of carbonyl (C=O) groups is 2. The monoisotopic (exact) mass is 271 g/mol. The molecule has 1 heterocycles. The highest BCUT2D eigenvalue weighted by atomic mass is 32.2. The summed E-state index contributed by atoms with van der Waals surface area (Å²) in [5.41, 5.74) is 0. The first-order chi connectivity index (χ1) is 8.66. The van der Waals surface area contributed by atoms with E-state index in [9.17, 15) is 9.59 Å². The molecule has 2 rings (SSSR count). The molecule has 102 valence electrons. The van der Waals surface area contributed by atoms with E-state index in [-0.39, 0.29) is 11.7 Å². The van der Waals surface area contributed by atoms with Gasteiger partial charge in [0.1, 0.15) is 0 Å². The van der Waals surface area contributed by atoms with Crippen molar-refractivity contribution in [3.63, 3.8) is 0 Å². The minimum absolute atomic E-state index is 0.0658. The third kappa shape index (κ3) is 3.64. The Kier molecular flexibility index (Phi) is 4.92. The quantitative estimate of drug-likeness (QED) is 0.857. The molecule has 1 N–H and O–H groups in total. The summed E-state index contributed by atoms with van der Waals surface area (Å²) in [6, 6.07) is 0. The standard InChI is InChI=1S/C13H21NO3S/c15-12(16)6-8-18-13(17)14-7-5-10-3-1-2-4-11(10)9-14/h10-11H,1-9H2,(H,15,16). The minimum atomic E-state index is -0.832. The molecule has 18 heavy (non-hydrogen) atoms. The molecule has 2 atom stereocenters. The van der Waals surface area contributed by atoms with E-state index in [1.165, 1.54) is 25.7 Å². The SMILES string of the molecule is O=C(O)CCSC(=O)N1CCC2CCCCC2C1. The van der Waals surface area contributed by atoms with Gasteiger partial charge in [0.25, 0.3) is 5.24 Å². The summed E-state index contributed by atoms with van der Waals surface area (Å²) in [5.74, 6) is 1.07. The van der Waals surface area contributed by atoms with E-state index in [2.05, 4.69) is 0 Å². The van der Waals surface area contributed by atoms with Gasteiger partial charge in [0.05, 0.1) is 6.42 Å². The smallest absolute Gasteiger partial charge is 0.304 e. The molecule has 0 spiro atoms. The molecule has 1 aliphatic heterocycles. The Morgan fingerprint density at radius 1 is 1.17 bits per heavy atom. The second-order valence-electron chi connectivity index (χ2n) is 5.30. The van der Waals surface area contributed by atoms with Crippen molar-refractivity contribution in [1.82, 2.24) is 4.90 Å². The average molecular weight is 271 g/mol. The molecule has 1 amide bonds. The Morgan fingerprint density at radius 2 is 1.89 bits per heavy atom. The fraction of sp³-hybridized carbons (Fsp3) is 0.846. The highest BCUT2D eigenvalue weighted by molar-refractivity contribution is 8.13. The Morgan fingerprint density at radius 3 is 2.61 bits per heavy atom. The number of carbonyl (C=O) groups excluding carboxylic acids is 1. The zero-order valence-electron chi connectivity index (χ0n) is 10.6. The van der Waals surface area contributed by atoms with Gasteiger partial charge < -0.3 is 10.0 Å². The molecule has 0 aromatic carbocycles. The third-order valence-electron chi connectivity index (χ3n) is 4.09. The Hall–Kier alpha value is -0.710. The molecule has 1 aliphatic carbocycles. The number of rotatable bonds is 3. The largest absolute Gasteiger partial charge is 0.481 e. The zero-order chi connectivity index (χ0) is 13.0. The van der Waals surface area contributed by atoms with Gasteiger partial charge >= 0.3 is 5.97 Å². The van der Waals surface area contributed by atoms with E-state index in [0.717, 1.165) is 37.2 Å². The van der Waals surface area contributed by atoms with Crippen LogP contribution < -0.4 is 0 Å². The van der Waals surface area contributed by atoms with Gasteiger partial charge in [0.15, 0.2) is 0 Å². The second kappa shape index (κ2) is 6.45. The van der Waals surface area contributed by atoms with Crippen LogP contribution in [0.25, 0.3) is 0 Å². The summed E-state index contributed by atoms with van der Waals surface area (Å²) in [5, 5.41) is 8.62. The van der Waals surface area contributed by atoms with E-state index in [1.807, 2.05) is 4.90 Å². The van der Waals surface area contributed by atoms with Crippen molar-refractivity contribution in [1.29, 1.82) is 0 Å². The summed E-state index contributed by atoms with van der Waals surface area (Å²) in [6.07, 6.45) is 6.44. The van der Waals surface area contributed by atoms with Crippen LogP contribution in [-0.4, -0.2) is 40.1 Å². The van der Waals surface area contributed by atoms with Crippen LogP contribution in [0.4, 0.5) is 4.79 Å². The number of piperidine rings is 1. The number of nitrogens with zero attached hydrogens (tertiary/aromatic N) is 1. The van der Waals surface area contributed by atoms with Gasteiger partial charge in [-0.1, -0.05) is 31.0 Å². The molecule has 2 unspecified atom stereocenters. The van der Waals surface area contributed by atoms with Crippen LogP contribution in [0.5, 0.6) is 0 Å². The second-order valence-corrected chi connectivity index (χ2v) is 6.34. The summed E-state index contributed by atoms with van der Waals surface area (Å²) in [4.78, 5) is 24.3. The van der Waals surface area contributed by atoms with Crippen molar-refractivity contribution in [2.24, 2.45) is 11.8 Å². The lowest BCUT2D eigenvalue weighted by Crippen LogP contribution is -2.43. The number of fused-ring (bicyclic) bond motifs is 1. The molecule has 2 aliphatic rings. The molecule has 5 heteroatoms. The number of thioether (sulfide) groups is 1. The van der Waals surface area contributed by atoms with Crippen LogP contribution >= 0.6 is 11.8 Å². The molecule has 1 saturated heterocycles. The van der Waals surface area contributed by atoms with Crippen LogP contribution in [0.1, 0.15) is 38.5 Å². The van der Waals surface area contributed by atoms with Crippen molar-refractivity contribution < 1.29 is 14.7 Å². The number of hydrogen-bond acceptors (Lipinski definition) is 3. The summed E-state index contributed by atoms with van der Waals surface area (Å²) in [6.45, 7) is 1.75. The first-order valence-electron chi connectivity index (χ1n) is 6.80. The number of aliphatic carboxylic acids is 1. The number of amides is 1. The summed E-state index contributed by atoms with van der Waals surface area (Å²) < 4.78 is 0. The number of likely N-dealkylation sites (tertiary alicyclic amines) is 1. The third-order valence-corrected chi connectivity index (χ3v) is 5.00. The highest BCUT2D eigenvalue weighted by Gasteiger charge is 2.32. The maximum atomic E-state index is 12.0. The lowest BCUT2D eigenvalue weighted by Gasteiger charge is -2.41. The summed E-state index contributed by atoms with van der Waals surface area (Å²) >= 11 is 1.16. The molecular weight excluding hydrogens is 250 g/mol. The van der Waals surface area contributed by atoms with E-state index in [1.54, 1.807) is 0 Å². The van der Waals surface area contributed by atoms with Crippen molar-refractivity contribution in [3.05, 3.63) is 0 Å². The number of carboxylic acids is 1. The van der Waals surface area contributed by atoms with Gasteiger partial charge in [-0.05, 0) is 24.7 Å². The predicted molar refractivity (Wildman–Crippen MR) is 71.7 cm³/mol. The van der Waals surface area contributed by atoms with Gasteiger partial charge in [-0.25, -0.2) is 0 Å². The summed E-state index contributed by atoms with van der Waals surface area (Å²) in [7, 11) is 0. The van der Waals surface area contributed by atoms with Crippen LogP contribution in [0, 0.1) is 11.8 Å². The van der Waals surface area contributed by atoms with Crippen LogP contribution in [0.2, 0.25) is 0 Å². The average Bonchev–Trinajstić information content (AvgIpc) is 2.37. The van der Waals surface area contributed by atoms with Gasteiger partial charge in [0, 0.05) is 18.8 Å². The van der Waals surface area contributed by atoms with E-state index < -0.39 is 5.97 Å². The van der Waals surface area contributed by atoms with Crippen LogP contribution in [0.3, 0.4) is 0 Å². The highest BCUT2D eigenvalue weighted by Crippen LogP contribution is 2.36. The fourth-order valence-corrected chi connectivity index (χ4v) is 3.88. The van der Waals surface area contributed by atoms with E-state index in [0.29, 0.717) is 11.7 Å². The fourth-order valence-electron chi connectivity index (χ4n) is 3.08. The van der Waals surface area contributed by atoms with Crippen molar-refractivity contribution >= 4 is 23.0 Å². The normalized spacial score (nSPS) is 27.7. The molecule has 0 radical (unpaired) electrons. The minimum Gasteiger partial charge on any atom is -0.481 e. The molecule has 4 nitrogen and oxygen atoms in total. The Labute approximate surface area is 112 Å². The molecule has 1 saturated carbocycles. The van der Waals surface area contributed by atoms with Crippen LogP contribution in [-0.2, 0) is 4.79 Å². The Bertz CT molecular complexity index is 321. The molecule has 2 fully saturated rings. The molecule has 0 bridgehead atoms. The van der Waals surface area contributed by atoms with Gasteiger partial charge in [0.2, 0.25) is 0 Å². The van der Waals surface area contributed by atoms with E-state index >= 15 is 0 Å². The lowest BCUT2D eigenvalue weighted by molar-refractivity contribution is -0.136. The number of hydrogen-bond donors (Lipinski definition) is 1. The predicted octanol–water partition coefficient (Wildman–Crippen LogP) is 2.83. The maximum absolute atomic E-state index is 12.0. The van der Waals surface area contributed by atoms with E-state index in [4.69, 9.17) is 5.11 Å².